The molecule has 5 nitrogen and oxygen atoms in total. The van der Waals surface area contributed by atoms with Gasteiger partial charge < -0.3 is 4.90 Å². The zero-order valence-corrected chi connectivity index (χ0v) is 13.9. The summed E-state index contributed by atoms with van der Waals surface area (Å²) in [5.74, 6) is -0.361. The number of carbonyl (C=O) groups excluding carboxylic acids is 1. The molecule has 3 rings (SSSR count). The third-order valence-electron chi connectivity index (χ3n) is 4.74. The minimum Gasteiger partial charge on any atom is -0.371 e. The highest BCUT2D eigenvalue weighted by Crippen LogP contribution is 2.29. The van der Waals surface area contributed by atoms with Crippen LogP contribution in [0.15, 0.2) is 42.5 Å². The van der Waals surface area contributed by atoms with Crippen molar-refractivity contribution in [3.05, 3.63) is 69.5 Å². The summed E-state index contributed by atoms with van der Waals surface area (Å²) < 4.78 is 13.0. The average molecular weight is 342 g/mol. The number of anilines is 1. The van der Waals surface area contributed by atoms with Crippen LogP contribution in [0.1, 0.15) is 28.8 Å². The van der Waals surface area contributed by atoms with Gasteiger partial charge in [0.05, 0.1) is 4.92 Å². The second-order valence-corrected chi connectivity index (χ2v) is 6.36. The van der Waals surface area contributed by atoms with Crippen molar-refractivity contribution in [2.75, 3.05) is 18.0 Å². The van der Waals surface area contributed by atoms with E-state index in [1.165, 1.54) is 30.3 Å². The fourth-order valence-electron chi connectivity index (χ4n) is 3.29. The normalized spacial score (nSPS) is 15.2. The number of piperidine rings is 1. The molecule has 0 amide bonds. The molecule has 25 heavy (non-hydrogen) atoms. The van der Waals surface area contributed by atoms with Crippen LogP contribution in [0, 0.1) is 28.8 Å². The SMILES string of the molecule is Cc1cc(N2CCC(C(=O)c3ccc(F)cc3)CC2)ccc1[N+](=O)[O-]. The Balaban J connectivity index is 1.65. The molecular weight excluding hydrogens is 323 g/mol. The number of Topliss-reactive ketones (excluding diaryl/α,β-unsaturated/α-hetero) is 1. The van der Waals surface area contributed by atoms with Crippen molar-refractivity contribution < 1.29 is 14.1 Å². The van der Waals surface area contributed by atoms with Gasteiger partial charge in [-0.1, -0.05) is 0 Å². The monoisotopic (exact) mass is 342 g/mol. The Kier molecular flexibility index (Phi) is 4.79. The molecular formula is C19H19FN2O3. The first-order valence-corrected chi connectivity index (χ1v) is 8.25. The zero-order chi connectivity index (χ0) is 18.0. The zero-order valence-electron chi connectivity index (χ0n) is 13.9. The molecule has 6 heteroatoms. The topological polar surface area (TPSA) is 63.5 Å². The lowest BCUT2D eigenvalue weighted by atomic mass is 9.88. The summed E-state index contributed by atoms with van der Waals surface area (Å²) >= 11 is 0. The molecule has 0 unspecified atom stereocenters. The fourth-order valence-corrected chi connectivity index (χ4v) is 3.29. The highest BCUT2D eigenvalue weighted by molar-refractivity contribution is 5.98. The predicted molar refractivity (Wildman–Crippen MR) is 93.5 cm³/mol. The average Bonchev–Trinajstić information content (AvgIpc) is 2.61. The molecule has 0 atom stereocenters. The molecule has 0 saturated carbocycles. The Morgan fingerprint density at radius 2 is 1.80 bits per heavy atom. The van der Waals surface area contributed by atoms with Gasteiger partial charge in [-0.3, -0.25) is 14.9 Å². The Morgan fingerprint density at radius 1 is 1.16 bits per heavy atom. The summed E-state index contributed by atoms with van der Waals surface area (Å²) in [6.45, 7) is 3.16. The van der Waals surface area contributed by atoms with E-state index >= 15 is 0 Å². The maximum atomic E-state index is 13.0. The third-order valence-corrected chi connectivity index (χ3v) is 4.74. The number of nitro groups is 1. The van der Waals surface area contributed by atoms with E-state index in [-0.39, 0.29) is 28.1 Å². The number of rotatable bonds is 4. The highest BCUT2D eigenvalue weighted by atomic mass is 19.1. The van der Waals surface area contributed by atoms with Crippen molar-refractivity contribution in [2.45, 2.75) is 19.8 Å². The van der Waals surface area contributed by atoms with Crippen LogP contribution in [0.5, 0.6) is 0 Å². The Morgan fingerprint density at radius 3 is 2.36 bits per heavy atom. The van der Waals surface area contributed by atoms with Crippen LogP contribution in [-0.4, -0.2) is 23.8 Å². The van der Waals surface area contributed by atoms with Crippen LogP contribution in [0.25, 0.3) is 0 Å². The van der Waals surface area contributed by atoms with Crippen LogP contribution < -0.4 is 4.90 Å². The minimum atomic E-state index is -0.382. The molecule has 2 aromatic rings. The van der Waals surface area contributed by atoms with E-state index in [0.29, 0.717) is 24.0 Å². The van der Waals surface area contributed by atoms with Gasteiger partial charge in [0, 0.05) is 41.9 Å². The molecule has 0 aliphatic carbocycles. The molecule has 1 saturated heterocycles. The maximum absolute atomic E-state index is 13.0. The number of benzene rings is 2. The molecule has 0 bridgehead atoms. The van der Waals surface area contributed by atoms with Gasteiger partial charge in [0.25, 0.3) is 5.69 Å². The van der Waals surface area contributed by atoms with E-state index < -0.39 is 0 Å². The smallest absolute Gasteiger partial charge is 0.272 e. The summed E-state index contributed by atoms with van der Waals surface area (Å²) in [7, 11) is 0. The number of aryl methyl sites for hydroxylation is 1. The quantitative estimate of drug-likeness (QED) is 0.476. The first kappa shape index (κ1) is 17.1. The second kappa shape index (κ2) is 7.01. The lowest BCUT2D eigenvalue weighted by Crippen LogP contribution is -2.36. The summed E-state index contributed by atoms with van der Waals surface area (Å²) in [5, 5.41) is 10.9. The molecule has 0 radical (unpaired) electrons. The van der Waals surface area contributed by atoms with Gasteiger partial charge >= 0.3 is 0 Å². The van der Waals surface area contributed by atoms with Crippen molar-refractivity contribution in [1.82, 2.24) is 0 Å². The molecule has 1 aliphatic rings. The van der Waals surface area contributed by atoms with Crippen LogP contribution in [0.3, 0.4) is 0 Å². The van der Waals surface area contributed by atoms with Gasteiger partial charge in [0.2, 0.25) is 0 Å². The first-order valence-electron chi connectivity index (χ1n) is 8.25. The number of nitro benzene ring substituents is 1. The number of nitrogens with zero attached hydrogens (tertiary/aromatic N) is 2. The Bertz CT molecular complexity index is 797. The third kappa shape index (κ3) is 3.68. The first-order chi connectivity index (χ1) is 12.0. The molecule has 1 aliphatic heterocycles. The van der Waals surface area contributed by atoms with Crippen molar-refractivity contribution >= 4 is 17.2 Å². The molecule has 2 aromatic carbocycles. The van der Waals surface area contributed by atoms with Crippen molar-refractivity contribution in [3.63, 3.8) is 0 Å². The largest absolute Gasteiger partial charge is 0.371 e. The highest BCUT2D eigenvalue weighted by Gasteiger charge is 2.26. The number of hydrogen-bond acceptors (Lipinski definition) is 4. The van der Waals surface area contributed by atoms with Crippen LogP contribution in [0.4, 0.5) is 15.8 Å². The Labute approximate surface area is 145 Å². The standard InChI is InChI=1S/C19H19FN2O3/c1-13-12-17(6-7-18(13)22(24)25)21-10-8-15(9-11-21)19(23)14-2-4-16(20)5-3-14/h2-7,12,15H,8-11H2,1H3. The lowest BCUT2D eigenvalue weighted by Gasteiger charge is -2.33. The van der Waals surface area contributed by atoms with E-state index in [9.17, 15) is 19.3 Å². The van der Waals surface area contributed by atoms with Gasteiger partial charge in [-0.2, -0.15) is 0 Å². The number of carbonyl (C=O) groups is 1. The molecule has 0 N–H and O–H groups in total. The van der Waals surface area contributed by atoms with Crippen molar-refractivity contribution in [3.8, 4) is 0 Å². The number of halogens is 1. The van der Waals surface area contributed by atoms with E-state index in [2.05, 4.69) is 4.90 Å². The van der Waals surface area contributed by atoms with Crippen LogP contribution >= 0.6 is 0 Å². The van der Waals surface area contributed by atoms with Gasteiger partial charge in [0.1, 0.15) is 5.82 Å². The summed E-state index contributed by atoms with van der Waals surface area (Å²) in [6.07, 6.45) is 1.43. The maximum Gasteiger partial charge on any atom is 0.272 e. The summed E-state index contributed by atoms with van der Waals surface area (Å²) in [5.41, 5.74) is 2.24. The fraction of sp³-hybridized carbons (Fsp3) is 0.316. The minimum absolute atomic E-state index is 0.0551. The summed E-state index contributed by atoms with van der Waals surface area (Å²) in [6, 6.07) is 10.8. The van der Waals surface area contributed by atoms with Crippen molar-refractivity contribution in [1.29, 1.82) is 0 Å². The van der Waals surface area contributed by atoms with Crippen LogP contribution in [0.2, 0.25) is 0 Å². The number of hydrogen-bond donors (Lipinski definition) is 0. The van der Waals surface area contributed by atoms with Crippen molar-refractivity contribution in [2.24, 2.45) is 5.92 Å². The van der Waals surface area contributed by atoms with E-state index in [1.807, 2.05) is 6.07 Å². The lowest BCUT2D eigenvalue weighted by molar-refractivity contribution is -0.385. The van der Waals surface area contributed by atoms with Crippen LogP contribution in [-0.2, 0) is 0 Å². The predicted octanol–water partition coefficient (Wildman–Crippen LogP) is 4.14. The Hall–Kier alpha value is -2.76. The molecule has 0 aromatic heterocycles. The van der Waals surface area contributed by atoms with Gasteiger partial charge in [-0.15, -0.1) is 0 Å². The van der Waals surface area contributed by atoms with E-state index in [0.717, 1.165) is 18.8 Å². The second-order valence-electron chi connectivity index (χ2n) is 6.36. The molecule has 0 spiro atoms. The molecule has 130 valence electrons. The van der Waals surface area contributed by atoms with Gasteiger partial charge in [-0.05, 0) is 56.2 Å². The van der Waals surface area contributed by atoms with E-state index in [4.69, 9.17) is 0 Å². The van der Waals surface area contributed by atoms with Gasteiger partial charge in [-0.25, -0.2) is 4.39 Å². The van der Waals surface area contributed by atoms with Gasteiger partial charge in [0.15, 0.2) is 5.78 Å². The summed E-state index contributed by atoms with van der Waals surface area (Å²) in [4.78, 5) is 25.2. The van der Waals surface area contributed by atoms with E-state index in [1.54, 1.807) is 13.0 Å². The molecule has 1 heterocycles. The molecule has 1 fully saturated rings. The number of ketones is 1.